The number of aliphatic hydroxyl groups excluding tert-OH is 2. The average Bonchev–Trinajstić information content (AvgIpc) is 3.38. The molecule has 2 atom stereocenters. The second-order valence-electron chi connectivity index (χ2n) is 21.4. The van der Waals surface area contributed by atoms with Gasteiger partial charge < -0.3 is 20.3 Å². The Morgan fingerprint density at radius 3 is 1.07 bits per heavy atom. The standard InChI is InChI=1S/C66H121NO5/c1-3-5-7-9-11-13-15-17-18-19-30-33-36-40-44-48-52-56-60-66(71)72-61-57-53-49-45-41-37-34-31-28-26-24-22-20-21-23-25-27-29-32-35-39-43-47-51-55-59-65(70)67-63(62-68)64(69)58-54-50-46-42-38-16-14-12-10-8-6-4-2/h13,15,18-19,21-24,54,58,63-64,68-69H,3-12,14,16-17,20,25-53,55-57,59-62H2,1-2H3,(H,67,70)/b15-13-,19-18-,23-21-,24-22-,58-54+. The predicted molar refractivity (Wildman–Crippen MR) is 315 cm³/mol. The number of carbonyl (C=O) groups excluding carboxylic acids is 2. The molecule has 0 aromatic carbocycles. The van der Waals surface area contributed by atoms with Crippen molar-refractivity contribution in [2.24, 2.45) is 0 Å². The van der Waals surface area contributed by atoms with E-state index >= 15 is 0 Å². The third-order valence-electron chi connectivity index (χ3n) is 14.3. The quantitative estimate of drug-likeness (QED) is 0.0320. The van der Waals surface area contributed by atoms with Gasteiger partial charge in [-0.05, 0) is 96.3 Å². The lowest BCUT2D eigenvalue weighted by Crippen LogP contribution is -2.45. The summed E-state index contributed by atoms with van der Waals surface area (Å²) >= 11 is 0. The van der Waals surface area contributed by atoms with E-state index in [1.807, 2.05) is 6.08 Å². The SMILES string of the molecule is CCCCCC/C=C\C/C=C\CCCCCCCCCC(=O)OCCCCCCCCCCC/C=C\C/C=C\CCCCCCCCCCCC(=O)NC(CO)C(O)/C=C/CCCCCCCCCCCC. The number of hydrogen-bond donors (Lipinski definition) is 3. The zero-order valence-electron chi connectivity index (χ0n) is 47.9. The van der Waals surface area contributed by atoms with Crippen LogP contribution >= 0.6 is 0 Å². The lowest BCUT2D eigenvalue weighted by molar-refractivity contribution is -0.143. The lowest BCUT2D eigenvalue weighted by atomic mass is 10.0. The molecule has 0 radical (unpaired) electrons. The molecule has 420 valence electrons. The number of hydrogen-bond acceptors (Lipinski definition) is 5. The summed E-state index contributed by atoms with van der Waals surface area (Å²) < 4.78 is 5.49. The van der Waals surface area contributed by atoms with E-state index in [0.717, 1.165) is 57.8 Å². The molecule has 2 unspecified atom stereocenters. The summed E-state index contributed by atoms with van der Waals surface area (Å²) in [6.45, 7) is 4.87. The Kier molecular flexibility index (Phi) is 59.0. The molecule has 0 fully saturated rings. The van der Waals surface area contributed by atoms with Crippen LogP contribution in [0.15, 0.2) is 60.8 Å². The number of unbranched alkanes of at least 4 members (excludes halogenated alkanes) is 39. The molecule has 0 aliphatic rings. The van der Waals surface area contributed by atoms with Crippen molar-refractivity contribution in [2.45, 2.75) is 334 Å². The fourth-order valence-electron chi connectivity index (χ4n) is 9.40. The van der Waals surface area contributed by atoms with Crippen LogP contribution in [0.25, 0.3) is 0 Å². The first-order valence-corrected chi connectivity index (χ1v) is 31.6. The molecule has 0 aliphatic heterocycles. The number of amides is 1. The second kappa shape index (κ2) is 61.1. The Morgan fingerprint density at radius 1 is 0.389 bits per heavy atom. The molecule has 0 spiro atoms. The van der Waals surface area contributed by atoms with Crippen molar-refractivity contribution in [3.05, 3.63) is 60.8 Å². The minimum Gasteiger partial charge on any atom is -0.466 e. The van der Waals surface area contributed by atoms with Crippen molar-refractivity contribution in [1.29, 1.82) is 0 Å². The zero-order chi connectivity index (χ0) is 52.2. The molecular formula is C66H121NO5. The van der Waals surface area contributed by atoms with Crippen LogP contribution in [-0.4, -0.2) is 47.4 Å². The average molecular weight is 1010 g/mol. The molecule has 6 heteroatoms. The highest BCUT2D eigenvalue weighted by Gasteiger charge is 2.18. The maximum atomic E-state index is 12.4. The van der Waals surface area contributed by atoms with Gasteiger partial charge in [-0.15, -0.1) is 0 Å². The van der Waals surface area contributed by atoms with Gasteiger partial charge in [0.2, 0.25) is 5.91 Å². The second-order valence-corrected chi connectivity index (χ2v) is 21.4. The normalized spacial score (nSPS) is 13.0. The summed E-state index contributed by atoms with van der Waals surface area (Å²) in [5.41, 5.74) is 0. The number of allylic oxidation sites excluding steroid dienone is 9. The Morgan fingerprint density at radius 2 is 0.694 bits per heavy atom. The Hall–Kier alpha value is -2.44. The van der Waals surface area contributed by atoms with Gasteiger partial charge in [0.25, 0.3) is 0 Å². The van der Waals surface area contributed by atoms with E-state index in [2.05, 4.69) is 67.8 Å². The van der Waals surface area contributed by atoms with Gasteiger partial charge in [0.1, 0.15) is 0 Å². The summed E-state index contributed by atoms with van der Waals surface area (Å²) in [5.74, 6) is -0.0748. The van der Waals surface area contributed by atoms with E-state index in [0.29, 0.717) is 19.4 Å². The predicted octanol–water partition coefficient (Wildman–Crippen LogP) is 19.9. The van der Waals surface area contributed by atoms with Gasteiger partial charge in [0.15, 0.2) is 0 Å². The highest BCUT2D eigenvalue weighted by molar-refractivity contribution is 5.76. The number of ether oxygens (including phenoxy) is 1. The molecular weight excluding hydrogens is 887 g/mol. The summed E-state index contributed by atoms with van der Waals surface area (Å²) in [7, 11) is 0. The summed E-state index contributed by atoms with van der Waals surface area (Å²) in [6, 6.07) is -0.633. The summed E-state index contributed by atoms with van der Waals surface area (Å²) in [4.78, 5) is 24.5. The van der Waals surface area contributed by atoms with Crippen LogP contribution in [-0.2, 0) is 14.3 Å². The molecule has 0 heterocycles. The van der Waals surface area contributed by atoms with E-state index in [-0.39, 0.29) is 18.5 Å². The van der Waals surface area contributed by atoms with Crippen LogP contribution in [0.5, 0.6) is 0 Å². The monoisotopic (exact) mass is 1010 g/mol. The fourth-order valence-corrected chi connectivity index (χ4v) is 9.40. The number of aliphatic hydroxyl groups is 2. The first-order chi connectivity index (χ1) is 35.5. The van der Waals surface area contributed by atoms with Crippen LogP contribution in [0.4, 0.5) is 0 Å². The zero-order valence-corrected chi connectivity index (χ0v) is 47.9. The number of nitrogens with one attached hydrogen (secondary N) is 1. The van der Waals surface area contributed by atoms with Gasteiger partial charge in [-0.25, -0.2) is 0 Å². The third kappa shape index (κ3) is 56.8. The molecule has 6 nitrogen and oxygen atoms in total. The minimum atomic E-state index is -0.848. The Bertz CT molecular complexity index is 1250. The van der Waals surface area contributed by atoms with Crippen LogP contribution in [0.1, 0.15) is 322 Å². The fraction of sp³-hybridized carbons (Fsp3) is 0.818. The van der Waals surface area contributed by atoms with Gasteiger partial charge >= 0.3 is 5.97 Å². The molecule has 0 rings (SSSR count). The van der Waals surface area contributed by atoms with Crippen molar-refractivity contribution in [3.8, 4) is 0 Å². The summed E-state index contributed by atoms with van der Waals surface area (Å²) in [5, 5.41) is 23.0. The first kappa shape index (κ1) is 69.6. The van der Waals surface area contributed by atoms with Crippen LogP contribution in [0.3, 0.4) is 0 Å². The van der Waals surface area contributed by atoms with Crippen LogP contribution in [0.2, 0.25) is 0 Å². The Balaban J connectivity index is 3.44. The van der Waals surface area contributed by atoms with Gasteiger partial charge in [-0.2, -0.15) is 0 Å². The third-order valence-corrected chi connectivity index (χ3v) is 14.3. The molecule has 72 heavy (non-hydrogen) atoms. The maximum Gasteiger partial charge on any atom is 0.305 e. The van der Waals surface area contributed by atoms with E-state index < -0.39 is 12.1 Å². The van der Waals surface area contributed by atoms with Crippen molar-refractivity contribution in [3.63, 3.8) is 0 Å². The van der Waals surface area contributed by atoms with Crippen LogP contribution < -0.4 is 5.32 Å². The molecule has 0 saturated carbocycles. The molecule has 1 amide bonds. The van der Waals surface area contributed by atoms with E-state index in [9.17, 15) is 19.8 Å². The summed E-state index contributed by atoms with van der Waals surface area (Å²) in [6.07, 6.45) is 79.8. The van der Waals surface area contributed by atoms with Gasteiger partial charge in [0.05, 0.1) is 25.4 Å². The van der Waals surface area contributed by atoms with Gasteiger partial charge in [0, 0.05) is 12.8 Å². The van der Waals surface area contributed by atoms with E-state index in [1.54, 1.807) is 6.08 Å². The molecule has 0 aliphatic carbocycles. The van der Waals surface area contributed by atoms with E-state index in [1.165, 1.54) is 238 Å². The molecule has 0 aromatic rings. The highest BCUT2D eigenvalue weighted by atomic mass is 16.5. The van der Waals surface area contributed by atoms with Crippen molar-refractivity contribution < 1.29 is 24.5 Å². The van der Waals surface area contributed by atoms with Crippen molar-refractivity contribution in [2.75, 3.05) is 13.2 Å². The smallest absolute Gasteiger partial charge is 0.305 e. The first-order valence-electron chi connectivity index (χ1n) is 31.6. The van der Waals surface area contributed by atoms with Crippen molar-refractivity contribution >= 4 is 11.9 Å². The Labute approximate surface area is 448 Å². The maximum absolute atomic E-state index is 12.4. The lowest BCUT2D eigenvalue weighted by Gasteiger charge is -2.20. The molecule has 3 N–H and O–H groups in total. The molecule has 0 bridgehead atoms. The van der Waals surface area contributed by atoms with E-state index in [4.69, 9.17) is 4.74 Å². The number of esters is 1. The van der Waals surface area contributed by atoms with Crippen LogP contribution in [0, 0.1) is 0 Å². The highest BCUT2D eigenvalue weighted by Crippen LogP contribution is 2.16. The number of rotatable bonds is 58. The topological polar surface area (TPSA) is 95.9 Å². The number of carbonyl (C=O) groups is 2. The minimum absolute atomic E-state index is 0.000623. The molecule has 0 aromatic heterocycles. The van der Waals surface area contributed by atoms with Gasteiger partial charge in [-0.1, -0.05) is 274 Å². The largest absolute Gasteiger partial charge is 0.466 e. The van der Waals surface area contributed by atoms with Gasteiger partial charge in [-0.3, -0.25) is 9.59 Å². The molecule has 0 saturated heterocycles. The van der Waals surface area contributed by atoms with Crippen molar-refractivity contribution in [1.82, 2.24) is 5.32 Å².